The van der Waals surface area contributed by atoms with Gasteiger partial charge in [0.05, 0.1) is 18.8 Å². The Morgan fingerprint density at radius 2 is 2.09 bits per heavy atom. The number of aryl methyl sites for hydroxylation is 2. The zero-order chi connectivity index (χ0) is 16.2. The fourth-order valence-electron chi connectivity index (χ4n) is 2.99. The summed E-state index contributed by atoms with van der Waals surface area (Å²) in [6.07, 6.45) is -0.945. The Kier molecular flexibility index (Phi) is 5.86. The fourth-order valence-corrected chi connectivity index (χ4v) is 2.99. The van der Waals surface area contributed by atoms with Crippen molar-refractivity contribution >= 4 is 0 Å². The van der Waals surface area contributed by atoms with Gasteiger partial charge in [0.2, 0.25) is 0 Å². The van der Waals surface area contributed by atoms with Crippen LogP contribution in [0.3, 0.4) is 0 Å². The van der Waals surface area contributed by atoms with Gasteiger partial charge in [-0.05, 0) is 39.3 Å². The van der Waals surface area contributed by atoms with Crippen LogP contribution in [0.5, 0.6) is 0 Å². The lowest BCUT2D eigenvalue weighted by Gasteiger charge is -2.35. The van der Waals surface area contributed by atoms with E-state index in [1.165, 1.54) is 0 Å². The summed E-state index contributed by atoms with van der Waals surface area (Å²) < 4.78 is 43.0. The second-order valence-electron chi connectivity index (χ2n) is 5.96. The van der Waals surface area contributed by atoms with E-state index in [2.05, 4.69) is 10.00 Å². The summed E-state index contributed by atoms with van der Waals surface area (Å²) in [7, 11) is 0. The molecule has 0 spiro atoms. The molecule has 0 saturated carbocycles. The minimum atomic E-state index is -4.25. The Morgan fingerprint density at radius 1 is 1.32 bits per heavy atom. The van der Waals surface area contributed by atoms with Gasteiger partial charge in [0.15, 0.2) is 0 Å². The SMILES string of the molecule is Cc1cc(C)n(CC2CCCCN2CCOCC(F)(F)F)n1. The molecule has 2 heterocycles. The lowest BCUT2D eigenvalue weighted by Crippen LogP contribution is -2.44. The maximum absolute atomic E-state index is 12.1. The number of piperidine rings is 1. The van der Waals surface area contributed by atoms with Crippen LogP contribution in [0, 0.1) is 13.8 Å². The molecule has 22 heavy (non-hydrogen) atoms. The van der Waals surface area contributed by atoms with E-state index >= 15 is 0 Å². The van der Waals surface area contributed by atoms with E-state index in [1.807, 2.05) is 24.6 Å². The Bertz CT molecular complexity index is 473. The lowest BCUT2D eigenvalue weighted by atomic mass is 10.0. The van der Waals surface area contributed by atoms with Crippen LogP contribution < -0.4 is 0 Å². The Hall–Kier alpha value is -1.08. The number of nitrogens with zero attached hydrogens (tertiary/aromatic N) is 3. The molecule has 0 radical (unpaired) electrons. The Labute approximate surface area is 129 Å². The van der Waals surface area contributed by atoms with Crippen molar-refractivity contribution < 1.29 is 17.9 Å². The van der Waals surface area contributed by atoms with Crippen LogP contribution in [0.4, 0.5) is 13.2 Å². The third-order valence-electron chi connectivity index (χ3n) is 4.02. The van der Waals surface area contributed by atoms with Crippen LogP contribution in [-0.2, 0) is 11.3 Å². The molecule has 7 heteroatoms. The topological polar surface area (TPSA) is 30.3 Å². The van der Waals surface area contributed by atoms with Crippen molar-refractivity contribution in [2.24, 2.45) is 0 Å². The van der Waals surface area contributed by atoms with Crippen molar-refractivity contribution in [3.63, 3.8) is 0 Å². The number of halogens is 3. The maximum atomic E-state index is 12.1. The first-order valence-corrected chi connectivity index (χ1v) is 7.75. The van der Waals surface area contributed by atoms with Crippen LogP contribution >= 0.6 is 0 Å². The van der Waals surface area contributed by atoms with Crippen LogP contribution in [0.1, 0.15) is 30.7 Å². The van der Waals surface area contributed by atoms with Crippen molar-refractivity contribution in [1.82, 2.24) is 14.7 Å². The second kappa shape index (κ2) is 7.46. The summed E-state index contributed by atoms with van der Waals surface area (Å²) in [5, 5.41) is 4.48. The number of alkyl halides is 3. The van der Waals surface area contributed by atoms with E-state index in [9.17, 15) is 13.2 Å². The van der Waals surface area contributed by atoms with E-state index in [0.29, 0.717) is 12.6 Å². The third kappa shape index (κ3) is 5.28. The third-order valence-corrected chi connectivity index (χ3v) is 4.02. The number of rotatable bonds is 6. The van der Waals surface area contributed by atoms with E-state index < -0.39 is 12.8 Å². The zero-order valence-corrected chi connectivity index (χ0v) is 13.2. The van der Waals surface area contributed by atoms with Gasteiger partial charge in [0.1, 0.15) is 6.61 Å². The number of likely N-dealkylation sites (tertiary alicyclic amines) is 1. The molecule has 0 aromatic carbocycles. The maximum Gasteiger partial charge on any atom is 0.411 e. The average molecular weight is 319 g/mol. The Balaban J connectivity index is 1.84. The summed E-state index contributed by atoms with van der Waals surface area (Å²) >= 11 is 0. The normalized spacial score (nSPS) is 20.5. The number of hydrogen-bond donors (Lipinski definition) is 0. The van der Waals surface area contributed by atoms with Gasteiger partial charge in [-0.25, -0.2) is 0 Å². The van der Waals surface area contributed by atoms with Crippen LogP contribution in [0.15, 0.2) is 6.07 Å². The highest BCUT2D eigenvalue weighted by molar-refractivity contribution is 5.06. The van der Waals surface area contributed by atoms with Gasteiger partial charge >= 0.3 is 6.18 Å². The Morgan fingerprint density at radius 3 is 2.73 bits per heavy atom. The van der Waals surface area contributed by atoms with Crippen molar-refractivity contribution in [3.8, 4) is 0 Å². The van der Waals surface area contributed by atoms with Crippen molar-refractivity contribution in [3.05, 3.63) is 17.5 Å². The summed E-state index contributed by atoms with van der Waals surface area (Å²) in [5.41, 5.74) is 2.12. The highest BCUT2D eigenvalue weighted by atomic mass is 19.4. The number of hydrogen-bond acceptors (Lipinski definition) is 3. The fraction of sp³-hybridized carbons (Fsp3) is 0.800. The van der Waals surface area contributed by atoms with Gasteiger partial charge in [-0.3, -0.25) is 9.58 Å². The average Bonchev–Trinajstić information content (AvgIpc) is 2.73. The summed E-state index contributed by atoms with van der Waals surface area (Å²) in [4.78, 5) is 2.23. The molecule has 1 fully saturated rings. The molecule has 1 unspecified atom stereocenters. The van der Waals surface area contributed by atoms with Crippen molar-refractivity contribution in [2.45, 2.75) is 51.9 Å². The molecule has 1 saturated heterocycles. The molecular formula is C15H24F3N3O. The largest absolute Gasteiger partial charge is 0.411 e. The predicted octanol–water partition coefficient (Wildman–Crippen LogP) is 2.93. The lowest BCUT2D eigenvalue weighted by molar-refractivity contribution is -0.175. The second-order valence-corrected chi connectivity index (χ2v) is 5.96. The van der Waals surface area contributed by atoms with Crippen LogP contribution in [0.2, 0.25) is 0 Å². The van der Waals surface area contributed by atoms with E-state index in [1.54, 1.807) is 0 Å². The summed E-state index contributed by atoms with van der Waals surface area (Å²) in [6.45, 7) is 5.20. The standard InChI is InChI=1S/C15H24F3N3O/c1-12-9-13(2)21(19-12)10-14-5-3-4-6-20(14)7-8-22-11-15(16,17)18/h9,14H,3-8,10-11H2,1-2H3. The highest BCUT2D eigenvalue weighted by Gasteiger charge is 2.28. The molecule has 0 aliphatic carbocycles. The van der Waals surface area contributed by atoms with Gasteiger partial charge in [0.25, 0.3) is 0 Å². The monoisotopic (exact) mass is 319 g/mol. The molecule has 1 atom stereocenters. The minimum absolute atomic E-state index is 0.118. The van der Waals surface area contributed by atoms with Gasteiger partial charge in [-0.1, -0.05) is 6.42 Å². The van der Waals surface area contributed by atoms with E-state index in [-0.39, 0.29) is 6.61 Å². The van der Waals surface area contributed by atoms with E-state index in [4.69, 9.17) is 4.74 Å². The number of aromatic nitrogens is 2. The van der Waals surface area contributed by atoms with Crippen molar-refractivity contribution in [1.29, 1.82) is 0 Å². The van der Waals surface area contributed by atoms with Gasteiger partial charge < -0.3 is 4.74 Å². The molecule has 126 valence electrons. The first-order valence-electron chi connectivity index (χ1n) is 7.75. The predicted molar refractivity (Wildman–Crippen MR) is 77.8 cm³/mol. The zero-order valence-electron chi connectivity index (χ0n) is 13.2. The molecule has 1 aromatic rings. The molecule has 1 aliphatic heterocycles. The van der Waals surface area contributed by atoms with Crippen LogP contribution in [-0.4, -0.2) is 53.2 Å². The van der Waals surface area contributed by atoms with E-state index in [0.717, 1.165) is 43.7 Å². The molecule has 2 rings (SSSR count). The molecule has 1 aliphatic rings. The first kappa shape index (κ1) is 17.3. The smallest absolute Gasteiger partial charge is 0.371 e. The molecule has 0 bridgehead atoms. The summed E-state index contributed by atoms with van der Waals surface area (Å²) in [5.74, 6) is 0. The summed E-state index contributed by atoms with van der Waals surface area (Å²) in [6, 6.07) is 2.36. The molecule has 0 amide bonds. The first-order chi connectivity index (χ1) is 10.3. The molecule has 0 N–H and O–H groups in total. The molecule has 4 nitrogen and oxygen atoms in total. The highest BCUT2D eigenvalue weighted by Crippen LogP contribution is 2.19. The van der Waals surface area contributed by atoms with Crippen LogP contribution in [0.25, 0.3) is 0 Å². The van der Waals surface area contributed by atoms with Crippen molar-refractivity contribution in [2.75, 3.05) is 26.3 Å². The molecular weight excluding hydrogens is 295 g/mol. The number of ether oxygens (including phenoxy) is 1. The van der Waals surface area contributed by atoms with Gasteiger partial charge in [0, 0.05) is 18.3 Å². The van der Waals surface area contributed by atoms with Gasteiger partial charge in [-0.2, -0.15) is 18.3 Å². The minimum Gasteiger partial charge on any atom is -0.371 e. The quantitative estimate of drug-likeness (QED) is 0.755. The molecule has 1 aromatic heterocycles. The van der Waals surface area contributed by atoms with Gasteiger partial charge in [-0.15, -0.1) is 0 Å².